The molecule has 0 saturated heterocycles. The molecular weight excluding hydrogens is 204 g/mol. The molecule has 0 bridgehead atoms. The lowest BCUT2D eigenvalue weighted by atomic mass is 9.98. The van der Waals surface area contributed by atoms with Crippen molar-refractivity contribution >= 4 is 5.97 Å². The van der Waals surface area contributed by atoms with Gasteiger partial charge in [0.15, 0.2) is 11.6 Å². The molecule has 3 nitrogen and oxygen atoms in total. The SMILES string of the molecule is CC(CN)c1cc(F)c(F)c(C(=O)O)c1. The van der Waals surface area contributed by atoms with E-state index in [1.165, 1.54) is 0 Å². The molecule has 5 heteroatoms. The minimum atomic E-state index is -1.49. The van der Waals surface area contributed by atoms with Crippen LogP contribution in [-0.4, -0.2) is 17.6 Å². The van der Waals surface area contributed by atoms with Crippen LogP contribution in [0.25, 0.3) is 0 Å². The summed E-state index contributed by atoms with van der Waals surface area (Å²) in [6.45, 7) is 1.95. The van der Waals surface area contributed by atoms with Crippen LogP contribution in [0.2, 0.25) is 0 Å². The van der Waals surface area contributed by atoms with Gasteiger partial charge in [0.05, 0.1) is 5.56 Å². The summed E-state index contributed by atoms with van der Waals surface area (Å²) in [5, 5.41) is 8.63. The largest absolute Gasteiger partial charge is 0.478 e. The highest BCUT2D eigenvalue weighted by atomic mass is 19.2. The Bertz CT molecular complexity index is 393. The number of halogens is 2. The molecular formula is C10H11F2NO2. The van der Waals surface area contributed by atoms with E-state index in [-0.39, 0.29) is 12.5 Å². The second-order valence-corrected chi connectivity index (χ2v) is 3.31. The third-order valence-electron chi connectivity index (χ3n) is 2.20. The Morgan fingerprint density at radius 1 is 1.53 bits per heavy atom. The number of rotatable bonds is 3. The molecule has 82 valence electrons. The zero-order valence-corrected chi connectivity index (χ0v) is 8.13. The molecule has 0 heterocycles. The van der Waals surface area contributed by atoms with Crippen molar-refractivity contribution in [2.45, 2.75) is 12.8 Å². The molecule has 3 N–H and O–H groups in total. The normalized spacial score (nSPS) is 12.5. The Labute approximate surface area is 85.5 Å². The maximum atomic E-state index is 13.0. The Balaban J connectivity index is 3.29. The summed E-state index contributed by atoms with van der Waals surface area (Å²) in [7, 11) is 0. The van der Waals surface area contributed by atoms with Crippen molar-refractivity contribution in [1.82, 2.24) is 0 Å². The van der Waals surface area contributed by atoms with Crippen molar-refractivity contribution in [3.63, 3.8) is 0 Å². The van der Waals surface area contributed by atoms with E-state index in [1.807, 2.05) is 0 Å². The van der Waals surface area contributed by atoms with Gasteiger partial charge in [-0.25, -0.2) is 13.6 Å². The van der Waals surface area contributed by atoms with Gasteiger partial charge in [-0.3, -0.25) is 0 Å². The Morgan fingerprint density at radius 3 is 2.60 bits per heavy atom. The lowest BCUT2D eigenvalue weighted by Gasteiger charge is -2.10. The second kappa shape index (κ2) is 4.35. The summed E-state index contributed by atoms with van der Waals surface area (Å²) in [6.07, 6.45) is 0. The van der Waals surface area contributed by atoms with E-state index in [9.17, 15) is 13.6 Å². The van der Waals surface area contributed by atoms with Crippen LogP contribution in [0.1, 0.15) is 28.8 Å². The molecule has 0 aliphatic heterocycles. The maximum Gasteiger partial charge on any atom is 0.338 e. The molecule has 1 unspecified atom stereocenters. The van der Waals surface area contributed by atoms with Crippen molar-refractivity contribution < 1.29 is 18.7 Å². The summed E-state index contributed by atoms with van der Waals surface area (Å²) in [5.74, 6) is -4.20. The first-order valence-electron chi connectivity index (χ1n) is 4.39. The van der Waals surface area contributed by atoms with Crippen LogP contribution < -0.4 is 5.73 Å². The van der Waals surface area contributed by atoms with Crippen LogP contribution >= 0.6 is 0 Å². The number of aromatic carboxylic acids is 1. The number of benzene rings is 1. The average molecular weight is 215 g/mol. The van der Waals surface area contributed by atoms with E-state index in [2.05, 4.69) is 0 Å². The molecule has 0 aliphatic carbocycles. The van der Waals surface area contributed by atoms with Crippen LogP contribution in [0.3, 0.4) is 0 Å². The van der Waals surface area contributed by atoms with Gasteiger partial charge in [-0.1, -0.05) is 6.92 Å². The van der Waals surface area contributed by atoms with E-state index in [0.717, 1.165) is 12.1 Å². The van der Waals surface area contributed by atoms with E-state index >= 15 is 0 Å². The highest BCUT2D eigenvalue weighted by Gasteiger charge is 2.18. The van der Waals surface area contributed by atoms with Crippen molar-refractivity contribution in [1.29, 1.82) is 0 Å². The first-order chi connectivity index (χ1) is 6.97. The third-order valence-corrected chi connectivity index (χ3v) is 2.20. The minimum Gasteiger partial charge on any atom is -0.478 e. The average Bonchev–Trinajstić information content (AvgIpc) is 2.20. The monoisotopic (exact) mass is 215 g/mol. The molecule has 15 heavy (non-hydrogen) atoms. The van der Waals surface area contributed by atoms with Crippen molar-refractivity contribution in [3.8, 4) is 0 Å². The van der Waals surface area contributed by atoms with Crippen LogP contribution in [0.15, 0.2) is 12.1 Å². The molecule has 0 aliphatic rings. The molecule has 0 fully saturated rings. The molecule has 0 amide bonds. The van der Waals surface area contributed by atoms with Crippen LogP contribution in [0, 0.1) is 11.6 Å². The fourth-order valence-electron chi connectivity index (χ4n) is 1.19. The molecule has 1 aromatic carbocycles. The third kappa shape index (κ3) is 2.30. The molecule has 1 rings (SSSR count). The standard InChI is InChI=1S/C10H11F2NO2/c1-5(4-13)6-2-7(10(14)15)9(12)8(11)3-6/h2-3,5H,4,13H2,1H3,(H,14,15). The van der Waals surface area contributed by atoms with E-state index < -0.39 is 23.2 Å². The molecule has 0 aromatic heterocycles. The summed E-state index contributed by atoms with van der Waals surface area (Å²) >= 11 is 0. The van der Waals surface area contributed by atoms with Crippen LogP contribution in [0.4, 0.5) is 8.78 Å². The molecule has 1 aromatic rings. The fourth-order valence-corrected chi connectivity index (χ4v) is 1.19. The Morgan fingerprint density at radius 2 is 2.13 bits per heavy atom. The number of hydrogen-bond acceptors (Lipinski definition) is 2. The predicted octanol–water partition coefficient (Wildman–Crippen LogP) is 1.73. The van der Waals surface area contributed by atoms with E-state index in [0.29, 0.717) is 5.56 Å². The number of carbonyl (C=O) groups is 1. The highest BCUT2D eigenvalue weighted by molar-refractivity contribution is 5.88. The topological polar surface area (TPSA) is 63.3 Å². The minimum absolute atomic E-state index is 0.210. The number of nitrogens with two attached hydrogens (primary N) is 1. The van der Waals surface area contributed by atoms with Gasteiger partial charge in [-0.15, -0.1) is 0 Å². The number of carboxylic acids is 1. The molecule has 0 saturated carbocycles. The van der Waals surface area contributed by atoms with Crippen molar-refractivity contribution in [2.24, 2.45) is 5.73 Å². The van der Waals surface area contributed by atoms with Gasteiger partial charge in [-0.05, 0) is 30.2 Å². The summed E-state index contributed by atoms with van der Waals surface area (Å²) in [6, 6.07) is 2.08. The quantitative estimate of drug-likeness (QED) is 0.807. The smallest absolute Gasteiger partial charge is 0.338 e. The fraction of sp³-hybridized carbons (Fsp3) is 0.300. The number of hydrogen-bond donors (Lipinski definition) is 2. The van der Waals surface area contributed by atoms with Gasteiger partial charge < -0.3 is 10.8 Å². The maximum absolute atomic E-state index is 13.0. The summed E-state index contributed by atoms with van der Waals surface area (Å²) in [5.41, 5.74) is 5.08. The first-order valence-corrected chi connectivity index (χ1v) is 4.39. The van der Waals surface area contributed by atoms with Gasteiger partial charge in [-0.2, -0.15) is 0 Å². The van der Waals surface area contributed by atoms with Crippen molar-refractivity contribution in [3.05, 3.63) is 34.9 Å². The van der Waals surface area contributed by atoms with E-state index in [4.69, 9.17) is 10.8 Å². The Kier molecular flexibility index (Phi) is 3.36. The Hall–Kier alpha value is -1.49. The van der Waals surface area contributed by atoms with Gasteiger partial charge in [0.25, 0.3) is 0 Å². The van der Waals surface area contributed by atoms with Crippen LogP contribution in [-0.2, 0) is 0 Å². The lowest BCUT2D eigenvalue weighted by molar-refractivity contribution is 0.0690. The van der Waals surface area contributed by atoms with Gasteiger partial charge in [0, 0.05) is 0 Å². The zero-order valence-electron chi connectivity index (χ0n) is 8.13. The predicted molar refractivity (Wildman–Crippen MR) is 50.8 cm³/mol. The summed E-state index contributed by atoms with van der Waals surface area (Å²) in [4.78, 5) is 10.6. The molecule has 1 atom stereocenters. The molecule has 0 radical (unpaired) electrons. The van der Waals surface area contributed by atoms with Gasteiger partial charge in [0.1, 0.15) is 0 Å². The summed E-state index contributed by atoms with van der Waals surface area (Å²) < 4.78 is 26.0. The molecule has 0 spiro atoms. The number of carboxylic acid groups (broad SMARTS) is 1. The van der Waals surface area contributed by atoms with Crippen LogP contribution in [0.5, 0.6) is 0 Å². The van der Waals surface area contributed by atoms with Crippen molar-refractivity contribution in [2.75, 3.05) is 6.54 Å². The van der Waals surface area contributed by atoms with E-state index in [1.54, 1.807) is 6.92 Å². The zero-order chi connectivity index (χ0) is 11.6. The lowest BCUT2D eigenvalue weighted by Crippen LogP contribution is -2.12. The second-order valence-electron chi connectivity index (χ2n) is 3.31. The van der Waals surface area contributed by atoms with Gasteiger partial charge >= 0.3 is 5.97 Å². The first kappa shape index (κ1) is 11.6. The highest BCUT2D eigenvalue weighted by Crippen LogP contribution is 2.20. The van der Waals surface area contributed by atoms with Gasteiger partial charge in [0.2, 0.25) is 0 Å².